The zero-order valence-corrected chi connectivity index (χ0v) is 13.8. The number of hydrogen-bond acceptors (Lipinski definition) is 3. The van der Waals surface area contributed by atoms with E-state index in [0.717, 1.165) is 25.4 Å². The van der Waals surface area contributed by atoms with Crippen LogP contribution in [0.5, 0.6) is 5.75 Å². The van der Waals surface area contributed by atoms with Crippen LogP contribution in [0.15, 0.2) is 36.8 Å². The normalized spacial score (nSPS) is 19.9. The van der Waals surface area contributed by atoms with Crippen LogP contribution in [-0.4, -0.2) is 33.6 Å². The molecular formula is C19H25N3O. The molecule has 0 radical (unpaired) electrons. The van der Waals surface area contributed by atoms with Crippen molar-refractivity contribution in [1.82, 2.24) is 14.5 Å². The number of benzene rings is 1. The first-order valence-electron chi connectivity index (χ1n) is 8.74. The summed E-state index contributed by atoms with van der Waals surface area (Å²) in [5.41, 5.74) is 2.60. The molecular weight excluding hydrogens is 286 g/mol. The summed E-state index contributed by atoms with van der Waals surface area (Å²) >= 11 is 0. The van der Waals surface area contributed by atoms with Crippen LogP contribution in [0.4, 0.5) is 0 Å². The van der Waals surface area contributed by atoms with Crippen LogP contribution in [0.2, 0.25) is 0 Å². The lowest BCUT2D eigenvalue weighted by atomic mass is 10.1. The molecule has 2 heterocycles. The zero-order valence-electron chi connectivity index (χ0n) is 13.8. The second kappa shape index (κ2) is 6.36. The number of ether oxygens (including phenoxy) is 1. The molecule has 0 spiro atoms. The predicted molar refractivity (Wildman–Crippen MR) is 90.6 cm³/mol. The van der Waals surface area contributed by atoms with Gasteiger partial charge in [0.2, 0.25) is 0 Å². The van der Waals surface area contributed by atoms with E-state index >= 15 is 0 Å². The molecule has 2 fully saturated rings. The topological polar surface area (TPSA) is 30.3 Å². The first-order chi connectivity index (χ1) is 11.3. The molecule has 1 aromatic carbocycles. The molecule has 0 unspecified atom stereocenters. The van der Waals surface area contributed by atoms with Crippen molar-refractivity contribution < 1.29 is 4.74 Å². The third kappa shape index (κ3) is 3.27. The van der Waals surface area contributed by atoms with E-state index in [1.165, 1.54) is 36.9 Å². The molecule has 0 atom stereocenters. The quantitative estimate of drug-likeness (QED) is 0.845. The van der Waals surface area contributed by atoms with Crippen molar-refractivity contribution in [3.8, 4) is 5.75 Å². The number of rotatable bonds is 5. The molecule has 122 valence electrons. The third-order valence-electron chi connectivity index (χ3n) is 5.07. The van der Waals surface area contributed by atoms with Gasteiger partial charge in [-0.25, -0.2) is 4.98 Å². The molecule has 1 saturated heterocycles. The number of imidazole rings is 1. The van der Waals surface area contributed by atoms with Crippen LogP contribution in [0.25, 0.3) is 0 Å². The smallest absolute Gasteiger partial charge is 0.124 e. The minimum absolute atomic E-state index is 0.319. The molecule has 1 saturated carbocycles. The van der Waals surface area contributed by atoms with E-state index in [0.29, 0.717) is 12.1 Å². The maximum Gasteiger partial charge on any atom is 0.124 e. The lowest BCUT2D eigenvalue weighted by Crippen LogP contribution is -2.53. The Bertz CT molecular complexity index is 654. The van der Waals surface area contributed by atoms with Crippen LogP contribution in [-0.2, 0) is 6.54 Å². The van der Waals surface area contributed by atoms with Gasteiger partial charge in [-0.2, -0.15) is 0 Å². The minimum atomic E-state index is 0.319. The molecule has 23 heavy (non-hydrogen) atoms. The lowest BCUT2D eigenvalue weighted by Gasteiger charge is -2.39. The minimum Gasteiger partial charge on any atom is -0.488 e. The van der Waals surface area contributed by atoms with Crippen LogP contribution < -0.4 is 4.74 Å². The van der Waals surface area contributed by atoms with Crippen molar-refractivity contribution in [2.45, 2.75) is 51.3 Å². The van der Waals surface area contributed by atoms with Gasteiger partial charge in [-0.3, -0.25) is 4.90 Å². The lowest BCUT2D eigenvalue weighted by molar-refractivity contribution is 0.0129. The summed E-state index contributed by atoms with van der Waals surface area (Å²) in [4.78, 5) is 6.83. The molecule has 1 aliphatic heterocycles. The molecule has 0 bridgehead atoms. The van der Waals surface area contributed by atoms with Gasteiger partial charge >= 0.3 is 0 Å². The van der Waals surface area contributed by atoms with Crippen molar-refractivity contribution in [2.24, 2.45) is 0 Å². The summed E-state index contributed by atoms with van der Waals surface area (Å²) in [6.07, 6.45) is 9.71. The SMILES string of the molecule is Cc1cccc(OC2CN(Cc3cncn3C3CCCC3)C2)c1. The second-order valence-electron chi connectivity index (χ2n) is 6.98. The monoisotopic (exact) mass is 311 g/mol. The zero-order chi connectivity index (χ0) is 15.6. The van der Waals surface area contributed by atoms with E-state index in [4.69, 9.17) is 4.74 Å². The number of aryl methyl sites for hydroxylation is 1. The van der Waals surface area contributed by atoms with E-state index in [-0.39, 0.29) is 0 Å². The summed E-state index contributed by atoms with van der Waals surface area (Å²) in [5.74, 6) is 0.991. The second-order valence-corrected chi connectivity index (χ2v) is 6.98. The molecule has 1 aromatic heterocycles. The largest absolute Gasteiger partial charge is 0.488 e. The Hall–Kier alpha value is -1.81. The van der Waals surface area contributed by atoms with E-state index in [1.54, 1.807) is 0 Å². The fraction of sp³-hybridized carbons (Fsp3) is 0.526. The number of nitrogens with zero attached hydrogens (tertiary/aromatic N) is 3. The number of aromatic nitrogens is 2. The molecule has 1 aliphatic carbocycles. The molecule has 4 heteroatoms. The summed E-state index contributed by atoms with van der Waals surface area (Å²) in [7, 11) is 0. The Labute approximate surface area is 138 Å². The molecule has 2 aliphatic rings. The number of hydrogen-bond donors (Lipinski definition) is 0. The van der Waals surface area contributed by atoms with Gasteiger partial charge in [-0.1, -0.05) is 25.0 Å². The van der Waals surface area contributed by atoms with Crippen LogP contribution >= 0.6 is 0 Å². The Balaban J connectivity index is 1.30. The Morgan fingerprint density at radius 2 is 2.04 bits per heavy atom. The fourth-order valence-corrected chi connectivity index (χ4v) is 3.80. The van der Waals surface area contributed by atoms with E-state index in [2.05, 4.69) is 39.6 Å². The molecule has 0 N–H and O–H groups in total. The fourth-order valence-electron chi connectivity index (χ4n) is 3.80. The number of likely N-dealkylation sites (tertiary alicyclic amines) is 1. The van der Waals surface area contributed by atoms with Gasteiger partial charge < -0.3 is 9.30 Å². The van der Waals surface area contributed by atoms with E-state index in [9.17, 15) is 0 Å². The van der Waals surface area contributed by atoms with Crippen LogP contribution in [0.3, 0.4) is 0 Å². The first-order valence-corrected chi connectivity index (χ1v) is 8.74. The summed E-state index contributed by atoms with van der Waals surface area (Å²) < 4.78 is 8.45. The average molecular weight is 311 g/mol. The van der Waals surface area contributed by atoms with Gasteiger partial charge in [-0.15, -0.1) is 0 Å². The highest BCUT2D eigenvalue weighted by molar-refractivity contribution is 5.27. The van der Waals surface area contributed by atoms with Crippen molar-refractivity contribution in [1.29, 1.82) is 0 Å². The van der Waals surface area contributed by atoms with E-state index < -0.39 is 0 Å². The standard InChI is InChI=1S/C19H25N3O/c1-15-5-4-8-18(9-15)23-19-12-21(13-19)11-17-10-20-14-22(17)16-6-2-3-7-16/h4-5,8-10,14,16,19H,2-3,6-7,11-13H2,1H3. The van der Waals surface area contributed by atoms with Gasteiger partial charge in [0.05, 0.1) is 12.0 Å². The van der Waals surface area contributed by atoms with Gasteiger partial charge in [0.1, 0.15) is 11.9 Å². The summed E-state index contributed by atoms with van der Waals surface area (Å²) in [6.45, 7) is 5.10. The van der Waals surface area contributed by atoms with Gasteiger partial charge in [0, 0.05) is 31.9 Å². The highest BCUT2D eigenvalue weighted by atomic mass is 16.5. The third-order valence-corrected chi connectivity index (χ3v) is 5.07. The van der Waals surface area contributed by atoms with Gasteiger partial charge in [0.15, 0.2) is 0 Å². The molecule has 4 rings (SSSR count). The average Bonchev–Trinajstić information content (AvgIpc) is 3.15. The summed E-state index contributed by atoms with van der Waals surface area (Å²) in [5, 5.41) is 0. The Morgan fingerprint density at radius 1 is 1.22 bits per heavy atom. The molecule has 0 amide bonds. The van der Waals surface area contributed by atoms with Crippen molar-refractivity contribution >= 4 is 0 Å². The maximum atomic E-state index is 6.05. The first kappa shape index (κ1) is 14.8. The summed E-state index contributed by atoms with van der Waals surface area (Å²) in [6, 6.07) is 8.99. The van der Waals surface area contributed by atoms with Crippen molar-refractivity contribution in [3.05, 3.63) is 48.0 Å². The Morgan fingerprint density at radius 3 is 2.83 bits per heavy atom. The van der Waals surface area contributed by atoms with Crippen molar-refractivity contribution in [3.63, 3.8) is 0 Å². The van der Waals surface area contributed by atoms with Crippen molar-refractivity contribution in [2.75, 3.05) is 13.1 Å². The highest BCUT2D eigenvalue weighted by Crippen LogP contribution is 2.31. The van der Waals surface area contributed by atoms with E-state index in [1.807, 2.05) is 18.6 Å². The van der Waals surface area contributed by atoms with Crippen LogP contribution in [0.1, 0.15) is 43.0 Å². The van der Waals surface area contributed by atoms with Gasteiger partial charge in [0.25, 0.3) is 0 Å². The maximum absolute atomic E-state index is 6.05. The van der Waals surface area contributed by atoms with Crippen LogP contribution in [0, 0.1) is 6.92 Å². The molecule has 4 nitrogen and oxygen atoms in total. The van der Waals surface area contributed by atoms with Gasteiger partial charge in [-0.05, 0) is 37.5 Å². The molecule has 2 aromatic rings. The highest BCUT2D eigenvalue weighted by Gasteiger charge is 2.30. The Kier molecular flexibility index (Phi) is 4.08. The predicted octanol–water partition coefficient (Wildman–Crippen LogP) is 3.57.